The molecule has 2 heterocycles. The molecule has 1 aliphatic heterocycles. The zero-order chi connectivity index (χ0) is 15.9. The Bertz CT molecular complexity index is 488. The van der Waals surface area contributed by atoms with E-state index in [0.29, 0.717) is 12.5 Å². The van der Waals surface area contributed by atoms with Crippen molar-refractivity contribution >= 4 is 30.1 Å². The zero-order valence-corrected chi connectivity index (χ0v) is 15.8. The highest BCUT2D eigenvalue weighted by Crippen LogP contribution is 2.16. The summed E-state index contributed by atoms with van der Waals surface area (Å²) in [5.41, 5.74) is 0. The van der Waals surface area contributed by atoms with Crippen LogP contribution >= 0.6 is 24.2 Å². The normalized spacial score (nSPS) is 17.3. The fourth-order valence-corrected chi connectivity index (χ4v) is 3.22. The summed E-state index contributed by atoms with van der Waals surface area (Å²) in [6.07, 6.45) is 5.81. The van der Waals surface area contributed by atoms with Crippen LogP contribution in [0.3, 0.4) is 0 Å². The van der Waals surface area contributed by atoms with Crippen molar-refractivity contribution in [3.8, 4) is 0 Å². The van der Waals surface area contributed by atoms with Crippen LogP contribution in [0.5, 0.6) is 0 Å². The van der Waals surface area contributed by atoms with Gasteiger partial charge in [-0.2, -0.15) is 0 Å². The van der Waals surface area contributed by atoms with Gasteiger partial charge >= 0.3 is 0 Å². The predicted octanol–water partition coefficient (Wildman–Crippen LogP) is 1.88. The highest BCUT2D eigenvalue weighted by Gasteiger charge is 2.21. The lowest BCUT2D eigenvalue weighted by Crippen LogP contribution is -2.40. The van der Waals surface area contributed by atoms with Crippen LogP contribution in [0.15, 0.2) is 5.16 Å². The van der Waals surface area contributed by atoms with E-state index in [1.807, 2.05) is 6.26 Å². The molecule has 6 nitrogen and oxygen atoms in total. The number of carbonyl (C=O) groups excluding carboxylic acids is 1. The molecule has 1 aromatic heterocycles. The molecule has 2 N–H and O–H groups in total. The second-order valence-corrected chi connectivity index (χ2v) is 6.92. The first-order valence-corrected chi connectivity index (χ1v) is 9.31. The van der Waals surface area contributed by atoms with E-state index in [2.05, 4.69) is 39.2 Å². The van der Waals surface area contributed by atoms with Crippen molar-refractivity contribution in [1.82, 2.24) is 25.4 Å². The van der Waals surface area contributed by atoms with Crippen molar-refractivity contribution in [1.29, 1.82) is 0 Å². The highest BCUT2D eigenvalue weighted by molar-refractivity contribution is 7.98. The minimum atomic E-state index is 0. The third kappa shape index (κ3) is 5.97. The number of nitrogens with zero attached hydrogens (tertiary/aromatic N) is 3. The van der Waals surface area contributed by atoms with Gasteiger partial charge in [0.15, 0.2) is 5.16 Å². The molecule has 0 aliphatic carbocycles. The Balaban J connectivity index is 0.00000264. The van der Waals surface area contributed by atoms with Crippen LogP contribution in [-0.4, -0.2) is 46.1 Å². The molecule has 0 bridgehead atoms. The molecular weight excluding hydrogens is 334 g/mol. The third-order valence-electron chi connectivity index (χ3n) is 3.78. The second-order valence-electron chi connectivity index (χ2n) is 6.15. The van der Waals surface area contributed by atoms with E-state index < -0.39 is 0 Å². The van der Waals surface area contributed by atoms with Crippen molar-refractivity contribution in [2.45, 2.75) is 57.3 Å². The summed E-state index contributed by atoms with van der Waals surface area (Å²) in [7, 11) is 0. The summed E-state index contributed by atoms with van der Waals surface area (Å²) in [6.45, 7) is 6.98. The van der Waals surface area contributed by atoms with E-state index in [9.17, 15) is 4.79 Å². The van der Waals surface area contributed by atoms with Crippen molar-refractivity contribution in [2.75, 3.05) is 19.3 Å². The molecular formula is C15H28ClN5OS. The molecule has 23 heavy (non-hydrogen) atoms. The number of thioether (sulfide) groups is 1. The SMILES string of the molecule is CSc1nnc(CCCNC(=O)C2CCCN2)n1CC(C)C.Cl. The van der Waals surface area contributed by atoms with Gasteiger partial charge in [0.25, 0.3) is 0 Å². The second kappa shape index (κ2) is 10.2. The summed E-state index contributed by atoms with van der Waals surface area (Å²) in [4.78, 5) is 11.9. The molecule has 1 amide bonds. The first-order chi connectivity index (χ1) is 10.6. The van der Waals surface area contributed by atoms with Gasteiger partial charge in [0, 0.05) is 19.5 Å². The van der Waals surface area contributed by atoms with Gasteiger partial charge < -0.3 is 15.2 Å². The number of hydrogen-bond acceptors (Lipinski definition) is 5. The lowest BCUT2D eigenvalue weighted by atomic mass is 10.2. The van der Waals surface area contributed by atoms with Gasteiger partial charge in [-0.25, -0.2) is 0 Å². The number of amides is 1. The first kappa shape index (κ1) is 20.3. The van der Waals surface area contributed by atoms with Crippen LogP contribution < -0.4 is 10.6 Å². The van der Waals surface area contributed by atoms with E-state index in [1.54, 1.807) is 11.8 Å². The Labute approximate surface area is 149 Å². The maximum atomic E-state index is 11.9. The average molecular weight is 362 g/mol. The van der Waals surface area contributed by atoms with Crippen LogP contribution in [0.4, 0.5) is 0 Å². The summed E-state index contributed by atoms with van der Waals surface area (Å²) < 4.78 is 2.20. The molecule has 1 unspecified atom stereocenters. The fourth-order valence-electron chi connectivity index (χ4n) is 2.69. The molecule has 8 heteroatoms. The molecule has 1 saturated heterocycles. The van der Waals surface area contributed by atoms with Crippen LogP contribution in [0.25, 0.3) is 0 Å². The smallest absolute Gasteiger partial charge is 0.237 e. The van der Waals surface area contributed by atoms with Gasteiger partial charge in [0.1, 0.15) is 5.82 Å². The van der Waals surface area contributed by atoms with Crippen molar-refractivity contribution in [3.05, 3.63) is 5.82 Å². The number of halogens is 1. The Morgan fingerprint density at radius 3 is 2.87 bits per heavy atom. The average Bonchev–Trinajstić information content (AvgIpc) is 3.13. The maximum absolute atomic E-state index is 11.9. The van der Waals surface area contributed by atoms with E-state index in [0.717, 1.165) is 49.8 Å². The summed E-state index contributed by atoms with van der Waals surface area (Å²) in [5, 5.41) is 15.7. The van der Waals surface area contributed by atoms with E-state index >= 15 is 0 Å². The first-order valence-electron chi connectivity index (χ1n) is 8.09. The maximum Gasteiger partial charge on any atom is 0.237 e. The van der Waals surface area contributed by atoms with E-state index in [4.69, 9.17) is 0 Å². The molecule has 0 aromatic carbocycles. The van der Waals surface area contributed by atoms with Crippen molar-refractivity contribution in [2.24, 2.45) is 5.92 Å². The highest BCUT2D eigenvalue weighted by atomic mass is 35.5. The molecule has 1 aromatic rings. The fraction of sp³-hybridized carbons (Fsp3) is 0.800. The van der Waals surface area contributed by atoms with Gasteiger partial charge in [-0.15, -0.1) is 22.6 Å². The van der Waals surface area contributed by atoms with E-state index in [-0.39, 0.29) is 24.4 Å². The monoisotopic (exact) mass is 361 g/mol. The van der Waals surface area contributed by atoms with Gasteiger partial charge in [0.05, 0.1) is 6.04 Å². The van der Waals surface area contributed by atoms with Gasteiger partial charge in [-0.05, 0) is 38.0 Å². The van der Waals surface area contributed by atoms with Crippen molar-refractivity contribution < 1.29 is 4.79 Å². The summed E-state index contributed by atoms with van der Waals surface area (Å²) >= 11 is 1.63. The Hall–Kier alpha value is -0.790. The molecule has 1 atom stereocenters. The molecule has 2 rings (SSSR count). The third-order valence-corrected chi connectivity index (χ3v) is 4.44. The number of rotatable bonds is 8. The molecule has 0 spiro atoms. The predicted molar refractivity (Wildman–Crippen MR) is 96.2 cm³/mol. The number of hydrogen-bond donors (Lipinski definition) is 2. The van der Waals surface area contributed by atoms with Gasteiger partial charge in [-0.1, -0.05) is 25.6 Å². The number of carbonyl (C=O) groups is 1. The van der Waals surface area contributed by atoms with E-state index in [1.165, 1.54) is 0 Å². The van der Waals surface area contributed by atoms with Crippen LogP contribution in [0, 0.1) is 5.92 Å². The number of aryl methyl sites for hydroxylation is 1. The topological polar surface area (TPSA) is 71.8 Å². The number of nitrogens with one attached hydrogen (secondary N) is 2. The molecule has 132 valence electrons. The Kier molecular flexibility index (Phi) is 8.94. The quantitative estimate of drug-likeness (QED) is 0.546. The van der Waals surface area contributed by atoms with Crippen molar-refractivity contribution in [3.63, 3.8) is 0 Å². The lowest BCUT2D eigenvalue weighted by molar-refractivity contribution is -0.122. The molecule has 0 radical (unpaired) electrons. The Morgan fingerprint density at radius 2 is 2.26 bits per heavy atom. The molecule has 1 fully saturated rings. The van der Waals surface area contributed by atoms with Crippen LogP contribution in [-0.2, 0) is 17.8 Å². The largest absolute Gasteiger partial charge is 0.355 e. The number of aromatic nitrogens is 3. The zero-order valence-electron chi connectivity index (χ0n) is 14.2. The van der Waals surface area contributed by atoms with Gasteiger partial charge in [-0.3, -0.25) is 4.79 Å². The Morgan fingerprint density at radius 1 is 1.48 bits per heavy atom. The lowest BCUT2D eigenvalue weighted by Gasteiger charge is -2.13. The standard InChI is InChI=1S/C15H27N5OS.ClH/c1-11(2)10-20-13(18-19-15(20)22-3)7-5-9-17-14(21)12-6-4-8-16-12;/h11-12,16H,4-10H2,1-3H3,(H,17,21);1H. The van der Waals surface area contributed by atoms with Crippen LogP contribution in [0.2, 0.25) is 0 Å². The van der Waals surface area contributed by atoms with Crippen LogP contribution in [0.1, 0.15) is 38.9 Å². The minimum Gasteiger partial charge on any atom is -0.355 e. The molecule has 0 saturated carbocycles. The summed E-state index contributed by atoms with van der Waals surface area (Å²) in [6, 6.07) is 0.00712. The van der Waals surface area contributed by atoms with Gasteiger partial charge in [0.2, 0.25) is 5.91 Å². The summed E-state index contributed by atoms with van der Waals surface area (Å²) in [5.74, 6) is 1.71. The molecule has 1 aliphatic rings. The minimum absolute atomic E-state index is 0.